The van der Waals surface area contributed by atoms with Crippen LogP contribution in [0.5, 0.6) is 0 Å². The molecule has 2 heterocycles. The molecule has 0 saturated carbocycles. The highest BCUT2D eigenvalue weighted by Crippen LogP contribution is 2.31. The molecule has 0 spiro atoms. The van der Waals surface area contributed by atoms with Crippen molar-refractivity contribution in [3.05, 3.63) is 56.5 Å². The van der Waals surface area contributed by atoms with Gasteiger partial charge in [0.25, 0.3) is 5.56 Å². The number of anilines is 2. The lowest BCUT2D eigenvalue weighted by Gasteiger charge is -2.11. The maximum Gasteiger partial charge on any atom is 0.332 e. The van der Waals surface area contributed by atoms with Crippen LogP contribution in [0.4, 0.5) is 15.9 Å². The fraction of sp³-hybridized carbons (Fsp3) is 0.250. The van der Waals surface area contributed by atoms with Gasteiger partial charge in [-0.2, -0.15) is 0 Å². The Balaban J connectivity index is 1.92. The highest BCUT2D eigenvalue weighted by molar-refractivity contribution is 6.05. The van der Waals surface area contributed by atoms with Crippen molar-refractivity contribution in [1.29, 1.82) is 0 Å². The molecule has 0 radical (unpaired) electrons. The van der Waals surface area contributed by atoms with Crippen LogP contribution in [0.25, 0.3) is 0 Å². The number of halogens is 1. The Bertz CT molecular complexity index is 1010. The third-order valence-corrected chi connectivity index (χ3v) is 4.14. The SMILES string of the molecule is Cn1c2c(c(=O)n(C)c1=O)[C@@H](CC(=O)Nc1ccccc1F)C(=O)N2. The zero-order valence-electron chi connectivity index (χ0n) is 13.5. The summed E-state index contributed by atoms with van der Waals surface area (Å²) >= 11 is 0. The molecule has 1 aliphatic heterocycles. The molecule has 1 atom stereocenters. The van der Waals surface area contributed by atoms with E-state index in [9.17, 15) is 23.6 Å². The first-order chi connectivity index (χ1) is 11.8. The van der Waals surface area contributed by atoms with Gasteiger partial charge in [0.15, 0.2) is 0 Å². The molecule has 3 rings (SSSR count). The van der Waals surface area contributed by atoms with Crippen LogP contribution in [0, 0.1) is 5.82 Å². The summed E-state index contributed by atoms with van der Waals surface area (Å²) in [6.07, 6.45) is -0.347. The largest absolute Gasteiger partial charge is 0.332 e. The van der Waals surface area contributed by atoms with E-state index in [2.05, 4.69) is 10.6 Å². The number of fused-ring (bicyclic) bond motifs is 1. The lowest BCUT2D eigenvalue weighted by Crippen LogP contribution is -2.39. The molecule has 2 aromatic rings. The summed E-state index contributed by atoms with van der Waals surface area (Å²) in [6.45, 7) is 0. The molecule has 0 unspecified atom stereocenters. The van der Waals surface area contributed by atoms with Crippen LogP contribution in [0.3, 0.4) is 0 Å². The van der Waals surface area contributed by atoms with E-state index in [4.69, 9.17) is 0 Å². The molecule has 1 aromatic heterocycles. The Morgan fingerprint density at radius 2 is 1.88 bits per heavy atom. The van der Waals surface area contributed by atoms with Gasteiger partial charge in [0.1, 0.15) is 11.6 Å². The van der Waals surface area contributed by atoms with Crippen LogP contribution in [0.15, 0.2) is 33.9 Å². The van der Waals surface area contributed by atoms with E-state index >= 15 is 0 Å². The molecule has 25 heavy (non-hydrogen) atoms. The van der Waals surface area contributed by atoms with Crippen molar-refractivity contribution in [2.45, 2.75) is 12.3 Å². The quantitative estimate of drug-likeness (QED) is 0.834. The minimum absolute atomic E-state index is 0.0144. The van der Waals surface area contributed by atoms with Crippen molar-refractivity contribution < 1.29 is 14.0 Å². The standard InChI is InChI=1S/C16H15FN4O4/c1-20-13-12(15(24)21(2)16(20)25)8(14(23)19-13)7-11(22)18-10-6-4-3-5-9(10)17/h3-6,8H,7H2,1-2H3,(H,18,22)(H,19,23)/t8-/m1/s1. The topological polar surface area (TPSA) is 102 Å². The number of amides is 2. The molecule has 1 aromatic carbocycles. The molecule has 0 saturated heterocycles. The van der Waals surface area contributed by atoms with Crippen LogP contribution in [-0.2, 0) is 23.7 Å². The summed E-state index contributed by atoms with van der Waals surface area (Å²) in [5.74, 6) is -2.74. The third-order valence-electron chi connectivity index (χ3n) is 4.14. The van der Waals surface area contributed by atoms with Gasteiger partial charge in [-0.15, -0.1) is 0 Å². The van der Waals surface area contributed by atoms with Gasteiger partial charge in [-0.25, -0.2) is 9.18 Å². The van der Waals surface area contributed by atoms with Crippen LogP contribution in [0.1, 0.15) is 17.9 Å². The van der Waals surface area contributed by atoms with Crippen molar-refractivity contribution in [1.82, 2.24) is 9.13 Å². The molecule has 0 fully saturated rings. The predicted molar refractivity (Wildman–Crippen MR) is 87.9 cm³/mol. The van der Waals surface area contributed by atoms with Crippen molar-refractivity contribution in [3.63, 3.8) is 0 Å². The normalized spacial score (nSPS) is 15.6. The van der Waals surface area contributed by atoms with E-state index < -0.39 is 34.8 Å². The Labute approximate surface area is 140 Å². The first-order valence-electron chi connectivity index (χ1n) is 7.46. The van der Waals surface area contributed by atoms with Crippen molar-refractivity contribution in [3.8, 4) is 0 Å². The minimum Gasteiger partial charge on any atom is -0.324 e. The van der Waals surface area contributed by atoms with E-state index in [1.54, 1.807) is 6.07 Å². The second kappa shape index (κ2) is 6.00. The Morgan fingerprint density at radius 3 is 2.56 bits per heavy atom. The lowest BCUT2D eigenvalue weighted by atomic mass is 9.99. The number of nitrogens with one attached hydrogen (secondary N) is 2. The number of aromatic nitrogens is 2. The highest BCUT2D eigenvalue weighted by atomic mass is 19.1. The second-order valence-electron chi connectivity index (χ2n) is 5.74. The Hall–Kier alpha value is -3.23. The first-order valence-corrected chi connectivity index (χ1v) is 7.46. The summed E-state index contributed by atoms with van der Waals surface area (Å²) in [4.78, 5) is 48.6. The van der Waals surface area contributed by atoms with Gasteiger partial charge >= 0.3 is 5.69 Å². The number of benzene rings is 1. The van der Waals surface area contributed by atoms with Crippen molar-refractivity contribution in [2.75, 3.05) is 10.6 Å². The highest BCUT2D eigenvalue weighted by Gasteiger charge is 2.37. The number of para-hydroxylation sites is 1. The second-order valence-corrected chi connectivity index (χ2v) is 5.74. The summed E-state index contributed by atoms with van der Waals surface area (Å²) in [6, 6.07) is 5.62. The number of carbonyl (C=O) groups is 2. The maximum absolute atomic E-state index is 13.6. The predicted octanol–water partition coefficient (Wildman–Crippen LogP) is 0.288. The number of rotatable bonds is 3. The smallest absolute Gasteiger partial charge is 0.324 e. The van der Waals surface area contributed by atoms with E-state index in [0.717, 1.165) is 9.13 Å². The maximum atomic E-state index is 13.6. The first kappa shape index (κ1) is 16.6. The average molecular weight is 346 g/mol. The number of hydrogen-bond acceptors (Lipinski definition) is 4. The molecule has 9 heteroatoms. The molecule has 2 amide bonds. The van der Waals surface area contributed by atoms with Crippen molar-refractivity contribution >= 4 is 23.3 Å². The van der Waals surface area contributed by atoms with Crippen LogP contribution in [-0.4, -0.2) is 20.9 Å². The summed E-state index contributed by atoms with van der Waals surface area (Å²) in [5, 5.41) is 4.84. The molecule has 1 aliphatic rings. The van der Waals surface area contributed by atoms with Crippen LogP contribution < -0.4 is 21.9 Å². The van der Waals surface area contributed by atoms with Gasteiger partial charge in [-0.3, -0.25) is 23.5 Å². The lowest BCUT2D eigenvalue weighted by molar-refractivity contribution is -0.122. The van der Waals surface area contributed by atoms with E-state index in [1.807, 2.05) is 0 Å². The average Bonchev–Trinajstić information content (AvgIpc) is 2.90. The molecular weight excluding hydrogens is 331 g/mol. The molecule has 2 N–H and O–H groups in total. The summed E-state index contributed by atoms with van der Waals surface area (Å²) < 4.78 is 15.6. The van der Waals surface area contributed by atoms with Gasteiger partial charge in [-0.05, 0) is 12.1 Å². The minimum atomic E-state index is -1.05. The van der Waals surface area contributed by atoms with Gasteiger partial charge in [0.05, 0.1) is 17.2 Å². The van der Waals surface area contributed by atoms with Gasteiger partial charge in [-0.1, -0.05) is 12.1 Å². The molecule has 0 bridgehead atoms. The zero-order valence-corrected chi connectivity index (χ0v) is 13.5. The summed E-state index contributed by atoms with van der Waals surface area (Å²) in [7, 11) is 2.72. The monoisotopic (exact) mass is 346 g/mol. The van der Waals surface area contributed by atoms with Gasteiger partial charge in [0.2, 0.25) is 11.8 Å². The fourth-order valence-electron chi connectivity index (χ4n) is 2.81. The molecule has 8 nitrogen and oxygen atoms in total. The Morgan fingerprint density at radius 1 is 1.20 bits per heavy atom. The van der Waals surface area contributed by atoms with Gasteiger partial charge in [0, 0.05) is 20.5 Å². The number of nitrogens with zero attached hydrogens (tertiary/aromatic N) is 2. The fourth-order valence-corrected chi connectivity index (χ4v) is 2.81. The van der Waals surface area contributed by atoms with Crippen LogP contribution >= 0.6 is 0 Å². The third kappa shape index (κ3) is 2.73. The van der Waals surface area contributed by atoms with E-state index in [1.165, 1.54) is 32.3 Å². The van der Waals surface area contributed by atoms with Crippen molar-refractivity contribution in [2.24, 2.45) is 14.1 Å². The van der Waals surface area contributed by atoms with Gasteiger partial charge < -0.3 is 10.6 Å². The van der Waals surface area contributed by atoms with E-state index in [-0.39, 0.29) is 23.5 Å². The summed E-state index contributed by atoms with van der Waals surface area (Å²) in [5.41, 5.74) is -1.18. The van der Waals surface area contributed by atoms with E-state index in [0.29, 0.717) is 0 Å². The zero-order chi connectivity index (χ0) is 18.3. The Kier molecular flexibility index (Phi) is 3.99. The van der Waals surface area contributed by atoms with Crippen LogP contribution in [0.2, 0.25) is 0 Å². The number of carbonyl (C=O) groups excluding carboxylic acids is 2. The molecule has 0 aliphatic carbocycles. The molecule has 130 valence electrons. The molecular formula is C16H15FN4O4. The number of hydrogen-bond donors (Lipinski definition) is 2.